The van der Waals surface area contributed by atoms with Gasteiger partial charge in [0.15, 0.2) is 0 Å². The Labute approximate surface area is 194 Å². The molecule has 3 atom stereocenters. The quantitative estimate of drug-likeness (QED) is 0.563. The van der Waals surface area contributed by atoms with Gasteiger partial charge in [-0.05, 0) is 62.7 Å². The fourth-order valence-electron chi connectivity index (χ4n) is 5.82. The number of nitrogens with one attached hydrogen (secondary N) is 3. The maximum atomic E-state index is 12.8. The van der Waals surface area contributed by atoms with E-state index in [0.717, 1.165) is 22.9 Å². The molecule has 3 aliphatic heterocycles. The average Bonchev–Trinajstić information content (AvgIpc) is 3.36. The highest BCUT2D eigenvalue weighted by Gasteiger charge is 2.39. The van der Waals surface area contributed by atoms with E-state index in [4.69, 9.17) is 0 Å². The normalized spacial score (nSPS) is 25.8. The van der Waals surface area contributed by atoms with Crippen molar-refractivity contribution in [3.05, 3.63) is 36.0 Å². The Hall–Kier alpha value is -2.87. The molecule has 0 spiro atoms. The molecule has 0 radical (unpaired) electrons. The molecule has 4 amide bonds. The molecule has 0 aliphatic carbocycles. The second-order valence-corrected chi connectivity index (χ2v) is 9.61. The van der Waals surface area contributed by atoms with Crippen LogP contribution in [0.2, 0.25) is 0 Å². The van der Waals surface area contributed by atoms with E-state index in [1.807, 2.05) is 30.5 Å². The van der Waals surface area contributed by atoms with Crippen LogP contribution in [0.1, 0.15) is 44.1 Å². The molecule has 2 aromatic rings. The van der Waals surface area contributed by atoms with E-state index in [2.05, 4.69) is 20.5 Å². The van der Waals surface area contributed by atoms with E-state index < -0.39 is 12.1 Å². The number of rotatable bonds is 7. The van der Waals surface area contributed by atoms with Gasteiger partial charge in [0.2, 0.25) is 5.91 Å². The minimum absolute atomic E-state index is 0.00470. The van der Waals surface area contributed by atoms with Crippen molar-refractivity contribution in [3.63, 3.8) is 0 Å². The number of fused-ring (bicyclic) bond motifs is 2. The highest BCUT2D eigenvalue weighted by atomic mass is 16.2. The highest BCUT2D eigenvalue weighted by Crippen LogP contribution is 2.30. The van der Waals surface area contributed by atoms with Crippen LogP contribution in [-0.4, -0.2) is 70.9 Å². The number of H-pyrrole nitrogens is 1. The topological polar surface area (TPSA) is 97.5 Å². The summed E-state index contributed by atoms with van der Waals surface area (Å²) in [5.41, 5.74) is 2.10. The van der Waals surface area contributed by atoms with Gasteiger partial charge in [-0.1, -0.05) is 24.6 Å². The Kier molecular flexibility index (Phi) is 6.35. The second kappa shape index (κ2) is 9.55. The molecule has 1 aromatic carbocycles. The van der Waals surface area contributed by atoms with Crippen LogP contribution >= 0.6 is 0 Å². The number of urea groups is 1. The molecule has 8 nitrogen and oxygen atoms in total. The summed E-state index contributed by atoms with van der Waals surface area (Å²) in [5.74, 6) is -0.00397. The smallest absolute Gasteiger partial charge is 0.324 e. The first kappa shape index (κ1) is 21.9. The molecule has 5 rings (SSSR count). The van der Waals surface area contributed by atoms with Gasteiger partial charge < -0.3 is 20.5 Å². The molecule has 3 fully saturated rings. The molecule has 0 saturated carbocycles. The van der Waals surface area contributed by atoms with Crippen molar-refractivity contribution in [2.75, 3.05) is 26.2 Å². The highest BCUT2D eigenvalue weighted by molar-refractivity contribution is 6.05. The van der Waals surface area contributed by atoms with Crippen molar-refractivity contribution < 1.29 is 14.4 Å². The number of hydrogen-bond acceptors (Lipinski definition) is 4. The number of imide groups is 1. The summed E-state index contributed by atoms with van der Waals surface area (Å²) in [5, 5.41) is 6.84. The lowest BCUT2D eigenvalue weighted by atomic mass is 9.83. The predicted octanol–water partition coefficient (Wildman–Crippen LogP) is 2.40. The summed E-state index contributed by atoms with van der Waals surface area (Å²) in [4.78, 5) is 44.9. The lowest BCUT2D eigenvalue weighted by Gasteiger charge is -2.44. The van der Waals surface area contributed by atoms with Crippen LogP contribution < -0.4 is 10.6 Å². The van der Waals surface area contributed by atoms with Gasteiger partial charge in [0.25, 0.3) is 5.91 Å². The minimum atomic E-state index is -0.780. The third-order valence-corrected chi connectivity index (χ3v) is 7.57. The van der Waals surface area contributed by atoms with Gasteiger partial charge in [-0.2, -0.15) is 0 Å². The molecule has 176 valence electrons. The van der Waals surface area contributed by atoms with Crippen LogP contribution in [0.3, 0.4) is 0 Å². The molecule has 4 heterocycles. The zero-order chi connectivity index (χ0) is 22.8. The Morgan fingerprint density at radius 2 is 1.94 bits per heavy atom. The zero-order valence-corrected chi connectivity index (χ0v) is 19.0. The maximum Gasteiger partial charge on any atom is 0.324 e. The molecule has 0 bridgehead atoms. The van der Waals surface area contributed by atoms with Crippen LogP contribution in [0.5, 0.6) is 0 Å². The summed E-state index contributed by atoms with van der Waals surface area (Å²) in [6.45, 7) is 3.29. The van der Waals surface area contributed by atoms with Crippen molar-refractivity contribution >= 4 is 28.7 Å². The molecular formula is C25H33N5O3. The summed E-state index contributed by atoms with van der Waals surface area (Å²) in [6, 6.07) is 7.34. The van der Waals surface area contributed by atoms with Gasteiger partial charge in [-0.3, -0.25) is 14.5 Å². The van der Waals surface area contributed by atoms with Crippen molar-refractivity contribution in [2.45, 2.75) is 57.0 Å². The van der Waals surface area contributed by atoms with Gasteiger partial charge in [0.05, 0.1) is 6.42 Å². The van der Waals surface area contributed by atoms with E-state index >= 15 is 0 Å². The first-order valence-electron chi connectivity index (χ1n) is 12.3. The molecule has 33 heavy (non-hydrogen) atoms. The fraction of sp³-hybridized carbons (Fsp3) is 0.560. The number of nitrogens with zero attached hydrogens (tertiary/aromatic N) is 2. The number of amides is 4. The van der Waals surface area contributed by atoms with Crippen molar-refractivity contribution in [1.29, 1.82) is 0 Å². The van der Waals surface area contributed by atoms with Crippen LogP contribution in [-0.2, 0) is 16.0 Å². The minimum Gasteiger partial charge on any atom is -0.361 e. The standard InChI is InChI=1S/C25H33N5O3/c31-23(27-16-18-6-5-12-29-11-4-3-9-22(18)29)14-21-24(32)30(25(33)28-21)13-10-17-15-26-20-8-2-1-7-19(17)20/h1-2,7-8,15,18,21-22,26H,3-6,9-14,16H2,(H,27,31)(H,28,33)/t18-,21?,22+/m0/s1. The van der Waals surface area contributed by atoms with Crippen LogP contribution in [0.25, 0.3) is 10.9 Å². The Balaban J connectivity index is 1.12. The van der Waals surface area contributed by atoms with Gasteiger partial charge in [-0.25, -0.2) is 4.79 Å². The van der Waals surface area contributed by atoms with E-state index in [9.17, 15) is 14.4 Å². The Morgan fingerprint density at radius 3 is 2.85 bits per heavy atom. The lowest BCUT2D eigenvalue weighted by Crippen LogP contribution is -2.51. The number of hydrogen-bond donors (Lipinski definition) is 3. The van der Waals surface area contributed by atoms with Crippen molar-refractivity contribution in [1.82, 2.24) is 25.4 Å². The largest absolute Gasteiger partial charge is 0.361 e. The predicted molar refractivity (Wildman–Crippen MR) is 126 cm³/mol. The summed E-state index contributed by atoms with van der Waals surface area (Å²) >= 11 is 0. The summed E-state index contributed by atoms with van der Waals surface area (Å²) < 4.78 is 0. The van der Waals surface area contributed by atoms with Crippen molar-refractivity contribution in [3.8, 4) is 0 Å². The molecular weight excluding hydrogens is 418 g/mol. The van der Waals surface area contributed by atoms with Crippen molar-refractivity contribution in [2.24, 2.45) is 5.92 Å². The number of piperidine rings is 2. The van der Waals surface area contributed by atoms with E-state index in [-0.39, 0.29) is 18.2 Å². The number of benzene rings is 1. The number of para-hydroxylation sites is 1. The van der Waals surface area contributed by atoms with Crippen LogP contribution in [0.15, 0.2) is 30.5 Å². The van der Waals surface area contributed by atoms with E-state index in [1.165, 1.54) is 43.7 Å². The van der Waals surface area contributed by atoms with E-state index in [1.54, 1.807) is 0 Å². The molecule has 3 N–H and O–H groups in total. The third-order valence-electron chi connectivity index (χ3n) is 7.57. The maximum absolute atomic E-state index is 12.8. The monoisotopic (exact) mass is 451 g/mol. The average molecular weight is 452 g/mol. The fourth-order valence-corrected chi connectivity index (χ4v) is 5.82. The van der Waals surface area contributed by atoms with Crippen LogP contribution in [0.4, 0.5) is 4.79 Å². The van der Waals surface area contributed by atoms with E-state index in [0.29, 0.717) is 31.5 Å². The Bertz CT molecular complexity index is 1030. The molecule has 3 saturated heterocycles. The summed E-state index contributed by atoms with van der Waals surface area (Å²) in [6.07, 6.45) is 8.56. The number of carbonyl (C=O) groups is 3. The SMILES string of the molecule is O=C(CC1NC(=O)N(CCc2c[nH]c3ccccc23)C1=O)NC[C@@H]1CCCN2CCCC[C@H]12. The van der Waals surface area contributed by atoms with Gasteiger partial charge in [0, 0.05) is 36.2 Å². The Morgan fingerprint density at radius 1 is 1.09 bits per heavy atom. The molecule has 1 aromatic heterocycles. The van der Waals surface area contributed by atoms with Gasteiger partial charge in [0.1, 0.15) is 6.04 Å². The van der Waals surface area contributed by atoms with Gasteiger partial charge in [-0.15, -0.1) is 0 Å². The summed E-state index contributed by atoms with van der Waals surface area (Å²) in [7, 11) is 0. The van der Waals surface area contributed by atoms with Gasteiger partial charge >= 0.3 is 6.03 Å². The second-order valence-electron chi connectivity index (χ2n) is 9.61. The number of aromatic nitrogens is 1. The first-order valence-corrected chi connectivity index (χ1v) is 12.3. The first-order chi connectivity index (χ1) is 16.1. The molecule has 1 unspecified atom stereocenters. The zero-order valence-electron chi connectivity index (χ0n) is 19.0. The lowest BCUT2D eigenvalue weighted by molar-refractivity contribution is -0.131. The van der Waals surface area contributed by atoms with Crippen LogP contribution in [0, 0.1) is 5.92 Å². The number of aromatic amines is 1. The third kappa shape index (κ3) is 4.62. The molecule has 3 aliphatic rings. The molecule has 8 heteroatoms. The number of carbonyl (C=O) groups excluding carboxylic acids is 3.